The first-order chi connectivity index (χ1) is 5.20. The van der Waals surface area contributed by atoms with Gasteiger partial charge < -0.3 is 10.2 Å². The Bertz CT molecular complexity index is 108. The van der Waals surface area contributed by atoms with Gasteiger partial charge in [0, 0.05) is 13.0 Å². The zero-order chi connectivity index (χ0) is 8.69. The highest BCUT2D eigenvalue weighted by atomic mass is 16.4. The van der Waals surface area contributed by atoms with Gasteiger partial charge in [-0.05, 0) is 18.8 Å². The molecule has 0 aliphatic rings. The summed E-state index contributed by atoms with van der Waals surface area (Å²) in [6.45, 7) is 2.18. The van der Waals surface area contributed by atoms with Gasteiger partial charge in [0.2, 0.25) is 0 Å². The molecule has 1 atom stereocenters. The molecule has 0 spiro atoms. The molecule has 0 aromatic carbocycles. The fraction of sp³-hybridized carbons (Fsp3) is 0.875. The molecule has 0 unspecified atom stereocenters. The summed E-state index contributed by atoms with van der Waals surface area (Å²) in [5, 5.41) is 17.1. The van der Waals surface area contributed by atoms with Crippen molar-refractivity contribution in [2.75, 3.05) is 6.61 Å². The number of carbonyl (C=O) groups is 1. The van der Waals surface area contributed by atoms with Crippen molar-refractivity contribution in [3.8, 4) is 0 Å². The lowest BCUT2D eigenvalue weighted by Gasteiger charge is -2.08. The van der Waals surface area contributed by atoms with Crippen molar-refractivity contribution in [2.24, 2.45) is 5.92 Å². The summed E-state index contributed by atoms with van der Waals surface area (Å²) < 4.78 is 0. The average molecular weight is 160 g/mol. The zero-order valence-corrected chi connectivity index (χ0v) is 6.92. The highest BCUT2D eigenvalue weighted by molar-refractivity contribution is 5.66. The van der Waals surface area contributed by atoms with Gasteiger partial charge in [-0.15, -0.1) is 0 Å². The molecule has 0 rings (SSSR count). The zero-order valence-electron chi connectivity index (χ0n) is 6.92. The van der Waals surface area contributed by atoms with Crippen LogP contribution in [-0.2, 0) is 4.79 Å². The van der Waals surface area contributed by atoms with Crippen molar-refractivity contribution in [1.82, 2.24) is 0 Å². The second kappa shape index (κ2) is 6.16. The maximum Gasteiger partial charge on any atom is 0.303 e. The summed E-state index contributed by atoms with van der Waals surface area (Å²) in [6.07, 6.45) is 2.64. The molecule has 0 aromatic heterocycles. The quantitative estimate of drug-likeness (QED) is 0.615. The number of carboxylic acid groups (broad SMARTS) is 1. The van der Waals surface area contributed by atoms with E-state index in [9.17, 15) is 4.79 Å². The fourth-order valence-corrected chi connectivity index (χ4v) is 0.966. The Kier molecular flexibility index (Phi) is 5.84. The predicted octanol–water partition coefficient (Wildman–Crippen LogP) is 1.26. The molecule has 0 radical (unpaired) electrons. The van der Waals surface area contributed by atoms with E-state index in [1.165, 1.54) is 0 Å². The third-order valence-corrected chi connectivity index (χ3v) is 1.84. The van der Waals surface area contributed by atoms with Crippen molar-refractivity contribution < 1.29 is 15.0 Å². The Balaban J connectivity index is 3.28. The second-order valence-corrected chi connectivity index (χ2v) is 2.74. The molecule has 66 valence electrons. The highest BCUT2D eigenvalue weighted by Gasteiger charge is 2.05. The van der Waals surface area contributed by atoms with E-state index >= 15 is 0 Å². The molecule has 2 N–H and O–H groups in total. The normalized spacial score (nSPS) is 12.9. The SMILES string of the molecule is CC[C@@H](CO)CCCC(=O)O. The van der Waals surface area contributed by atoms with E-state index in [1.54, 1.807) is 0 Å². The number of hydrogen-bond donors (Lipinski definition) is 2. The first kappa shape index (κ1) is 10.4. The molecule has 0 aromatic rings. The fourth-order valence-electron chi connectivity index (χ4n) is 0.966. The Hall–Kier alpha value is -0.570. The largest absolute Gasteiger partial charge is 0.481 e. The first-order valence-electron chi connectivity index (χ1n) is 4.03. The Labute approximate surface area is 67.0 Å². The highest BCUT2D eigenvalue weighted by Crippen LogP contribution is 2.10. The van der Waals surface area contributed by atoms with Gasteiger partial charge in [-0.25, -0.2) is 0 Å². The van der Waals surface area contributed by atoms with Gasteiger partial charge in [0.1, 0.15) is 0 Å². The van der Waals surface area contributed by atoms with Crippen molar-refractivity contribution in [3.63, 3.8) is 0 Å². The van der Waals surface area contributed by atoms with E-state index in [0.717, 1.165) is 12.8 Å². The van der Waals surface area contributed by atoms with Gasteiger partial charge in [0.15, 0.2) is 0 Å². The van der Waals surface area contributed by atoms with Gasteiger partial charge >= 0.3 is 5.97 Å². The number of aliphatic hydroxyl groups is 1. The van der Waals surface area contributed by atoms with E-state index < -0.39 is 5.97 Å². The van der Waals surface area contributed by atoms with Crippen LogP contribution in [0.25, 0.3) is 0 Å². The third kappa shape index (κ3) is 5.85. The van der Waals surface area contributed by atoms with Crippen LogP contribution < -0.4 is 0 Å². The van der Waals surface area contributed by atoms with Crippen molar-refractivity contribution in [2.45, 2.75) is 32.6 Å². The van der Waals surface area contributed by atoms with E-state index in [-0.39, 0.29) is 18.9 Å². The van der Waals surface area contributed by atoms with E-state index in [2.05, 4.69) is 0 Å². The molecule has 0 fully saturated rings. The van der Waals surface area contributed by atoms with Gasteiger partial charge in [-0.2, -0.15) is 0 Å². The lowest BCUT2D eigenvalue weighted by molar-refractivity contribution is -0.137. The van der Waals surface area contributed by atoms with Gasteiger partial charge in [0.05, 0.1) is 0 Å². The molecule has 0 saturated carbocycles. The van der Waals surface area contributed by atoms with Gasteiger partial charge in [0.25, 0.3) is 0 Å². The van der Waals surface area contributed by atoms with Gasteiger partial charge in [-0.3, -0.25) is 4.79 Å². The lowest BCUT2D eigenvalue weighted by Crippen LogP contribution is -2.05. The number of hydrogen-bond acceptors (Lipinski definition) is 2. The minimum absolute atomic E-state index is 0.177. The predicted molar refractivity (Wildman–Crippen MR) is 42.4 cm³/mol. The summed E-state index contributed by atoms with van der Waals surface area (Å²) in [5.74, 6) is -0.466. The molecule has 3 nitrogen and oxygen atoms in total. The van der Waals surface area contributed by atoms with Crippen LogP contribution >= 0.6 is 0 Å². The van der Waals surface area contributed by atoms with Crippen LogP contribution in [0.15, 0.2) is 0 Å². The number of aliphatic carboxylic acids is 1. The van der Waals surface area contributed by atoms with Crippen molar-refractivity contribution in [3.05, 3.63) is 0 Å². The van der Waals surface area contributed by atoms with Crippen LogP contribution in [0, 0.1) is 5.92 Å². The van der Waals surface area contributed by atoms with Crippen LogP contribution in [0.2, 0.25) is 0 Å². The van der Waals surface area contributed by atoms with E-state index in [4.69, 9.17) is 10.2 Å². The number of aliphatic hydroxyl groups excluding tert-OH is 1. The minimum atomic E-state index is -0.752. The Morgan fingerprint density at radius 1 is 1.55 bits per heavy atom. The summed E-state index contributed by atoms with van der Waals surface area (Å²) in [5.41, 5.74) is 0. The minimum Gasteiger partial charge on any atom is -0.481 e. The monoisotopic (exact) mass is 160 g/mol. The van der Waals surface area contributed by atoms with Crippen molar-refractivity contribution >= 4 is 5.97 Å². The van der Waals surface area contributed by atoms with Crippen LogP contribution in [0.3, 0.4) is 0 Å². The molecule has 0 heterocycles. The molecular formula is C8H16O3. The molecule has 0 aliphatic carbocycles. The summed E-state index contributed by atoms with van der Waals surface area (Å²) in [6, 6.07) is 0. The summed E-state index contributed by atoms with van der Waals surface area (Å²) >= 11 is 0. The lowest BCUT2D eigenvalue weighted by atomic mass is 10.0. The first-order valence-corrected chi connectivity index (χ1v) is 4.03. The van der Waals surface area contributed by atoms with Crippen LogP contribution in [-0.4, -0.2) is 22.8 Å². The molecule has 0 saturated heterocycles. The standard InChI is InChI=1S/C8H16O3/c1-2-7(6-9)4-3-5-8(10)11/h7,9H,2-6H2,1H3,(H,10,11)/t7-/m1/s1. The van der Waals surface area contributed by atoms with E-state index in [1.807, 2.05) is 6.92 Å². The van der Waals surface area contributed by atoms with Crippen molar-refractivity contribution in [1.29, 1.82) is 0 Å². The number of rotatable bonds is 6. The second-order valence-electron chi connectivity index (χ2n) is 2.74. The van der Waals surface area contributed by atoms with E-state index in [0.29, 0.717) is 6.42 Å². The van der Waals surface area contributed by atoms with Gasteiger partial charge in [-0.1, -0.05) is 13.3 Å². The smallest absolute Gasteiger partial charge is 0.303 e. The van der Waals surface area contributed by atoms with Crippen LogP contribution in [0.5, 0.6) is 0 Å². The molecule has 0 bridgehead atoms. The molecule has 11 heavy (non-hydrogen) atoms. The third-order valence-electron chi connectivity index (χ3n) is 1.84. The summed E-state index contributed by atoms with van der Waals surface area (Å²) in [7, 11) is 0. The molecule has 0 aliphatic heterocycles. The maximum atomic E-state index is 10.1. The molecule has 0 amide bonds. The maximum absolute atomic E-state index is 10.1. The molecule has 3 heteroatoms. The summed E-state index contributed by atoms with van der Waals surface area (Å²) in [4.78, 5) is 10.1. The average Bonchev–Trinajstić information content (AvgIpc) is 1.98. The Morgan fingerprint density at radius 2 is 2.18 bits per heavy atom. The van der Waals surface area contributed by atoms with Crippen LogP contribution in [0.4, 0.5) is 0 Å². The Morgan fingerprint density at radius 3 is 2.55 bits per heavy atom. The topological polar surface area (TPSA) is 57.5 Å². The van der Waals surface area contributed by atoms with Crippen LogP contribution in [0.1, 0.15) is 32.6 Å². The molecular weight excluding hydrogens is 144 g/mol. The number of carboxylic acids is 1.